The van der Waals surface area contributed by atoms with Gasteiger partial charge >= 0.3 is 0 Å². The molecule has 0 heterocycles. The molecule has 0 radical (unpaired) electrons. The molecule has 0 unspecified atom stereocenters. The van der Waals surface area contributed by atoms with Crippen LogP contribution in [0.3, 0.4) is 0 Å². The Hall–Kier alpha value is -2.26. The topological polar surface area (TPSA) is 0 Å². The highest BCUT2D eigenvalue weighted by molar-refractivity contribution is 7.88. The predicted octanol–water partition coefficient (Wildman–Crippen LogP) is 10.4. The molecule has 0 aliphatic rings. The molecule has 0 aromatic heterocycles. The van der Waals surface area contributed by atoms with E-state index >= 15 is 0 Å². The first kappa shape index (κ1) is 33.6. The zero-order valence-electron chi connectivity index (χ0n) is 28.8. The maximum atomic E-state index is 2.42. The van der Waals surface area contributed by atoms with Gasteiger partial charge in [0.05, 0.1) is 0 Å². The lowest BCUT2D eigenvalue weighted by molar-refractivity contribution is 0.590. The van der Waals surface area contributed by atoms with Gasteiger partial charge in [-0.2, -0.15) is 0 Å². The summed E-state index contributed by atoms with van der Waals surface area (Å²) in [5.41, 5.74) is 6.16. The quantitative estimate of drug-likeness (QED) is 0.191. The minimum atomic E-state index is -0.566. The average molecular weight is 609 g/mol. The molecule has 0 N–H and O–H groups in total. The zero-order chi connectivity index (χ0) is 31.8. The molecule has 0 saturated carbocycles. The van der Waals surface area contributed by atoms with Crippen LogP contribution in [0.25, 0.3) is 0 Å². The number of rotatable bonds is 6. The molecular weight excluding hydrogens is 554 g/mol. The van der Waals surface area contributed by atoms with Gasteiger partial charge in [-0.25, -0.2) is 0 Å². The molecule has 0 spiro atoms. The lowest BCUT2D eigenvalue weighted by atomic mass is 9.87. The number of hydrogen-bond donors (Lipinski definition) is 0. The van der Waals surface area contributed by atoms with Gasteiger partial charge in [0.15, 0.2) is 0 Å². The monoisotopic (exact) mass is 608 g/mol. The van der Waals surface area contributed by atoms with E-state index in [1.807, 2.05) is 0 Å². The number of hydrogen-bond acceptors (Lipinski definition) is 0. The Morgan fingerprint density at radius 3 is 0.605 bits per heavy atom. The van der Waals surface area contributed by atoms with Crippen molar-refractivity contribution in [2.75, 3.05) is 5.90 Å². The van der Waals surface area contributed by atoms with Gasteiger partial charge in [0.2, 0.25) is 0 Å². The first-order valence-corrected chi connectivity index (χ1v) is 18.9. The second-order valence-corrected chi connectivity index (χ2v) is 21.1. The third-order valence-corrected chi connectivity index (χ3v) is 14.4. The van der Waals surface area contributed by atoms with E-state index in [0.29, 0.717) is 0 Å². The summed E-state index contributed by atoms with van der Waals surface area (Å²) in [4.78, 5) is 0. The van der Waals surface area contributed by atoms with E-state index in [2.05, 4.69) is 180 Å². The molecule has 4 aromatic carbocycles. The fourth-order valence-electron chi connectivity index (χ4n) is 5.33. The lowest BCUT2D eigenvalue weighted by Crippen LogP contribution is -2.22. The van der Waals surface area contributed by atoms with Crippen molar-refractivity contribution in [2.24, 2.45) is 0 Å². The molecule has 4 rings (SSSR count). The van der Waals surface area contributed by atoms with Crippen molar-refractivity contribution in [3.8, 4) is 0 Å². The fraction of sp³-hybridized carbons (Fsp3) is 0.415. The van der Waals surface area contributed by atoms with Crippen LogP contribution >= 0.6 is 15.8 Å². The molecule has 0 bridgehead atoms. The van der Waals surface area contributed by atoms with Crippen molar-refractivity contribution in [1.82, 2.24) is 0 Å². The lowest BCUT2D eigenvalue weighted by Gasteiger charge is -2.29. The molecule has 2 heteroatoms. The van der Waals surface area contributed by atoms with Crippen LogP contribution in [0.15, 0.2) is 97.1 Å². The van der Waals surface area contributed by atoms with Gasteiger partial charge in [-0.1, -0.05) is 180 Å². The Bertz CT molecular complexity index is 1230. The second-order valence-electron chi connectivity index (χ2n) is 16.2. The molecule has 0 saturated heterocycles. The van der Waals surface area contributed by atoms with E-state index in [1.54, 1.807) is 0 Å². The summed E-state index contributed by atoms with van der Waals surface area (Å²) in [6.45, 7) is 27.6. The minimum Gasteiger partial charge on any atom is -0.0579 e. The van der Waals surface area contributed by atoms with Crippen molar-refractivity contribution in [1.29, 1.82) is 0 Å². The molecule has 0 aliphatic heterocycles. The van der Waals surface area contributed by atoms with Crippen LogP contribution < -0.4 is 21.2 Å². The predicted molar refractivity (Wildman–Crippen MR) is 198 cm³/mol. The maximum absolute atomic E-state index is 2.42. The van der Waals surface area contributed by atoms with Gasteiger partial charge in [0, 0.05) is 5.90 Å². The Kier molecular flexibility index (Phi) is 9.87. The molecule has 43 heavy (non-hydrogen) atoms. The smallest absolute Gasteiger partial charge is 0.00405 e. The van der Waals surface area contributed by atoms with Gasteiger partial charge in [-0.15, -0.1) is 0 Å². The van der Waals surface area contributed by atoms with Crippen LogP contribution in [0.1, 0.15) is 105 Å². The van der Waals surface area contributed by atoms with Crippen molar-refractivity contribution in [3.63, 3.8) is 0 Å². The Labute approximate surface area is 266 Å². The maximum Gasteiger partial charge on any atom is 0.00405 e. The molecule has 4 aromatic rings. The molecular formula is C41H54P2. The summed E-state index contributed by atoms with van der Waals surface area (Å²) in [6, 6.07) is 38.3. The van der Waals surface area contributed by atoms with Crippen LogP contribution in [0.2, 0.25) is 0 Å². The standard InChI is InChI=1S/C41H54P2/c1-38(2,3)30-13-21-34(22-14-30)42(35-23-15-31(16-24-35)39(4,5)6)29-43(36-25-17-32(18-26-36)40(7,8)9)37-27-19-33(20-28-37)41(10,11)12/h13-28H,29H2,1-12H3. The highest BCUT2D eigenvalue weighted by Gasteiger charge is 2.25. The Morgan fingerprint density at radius 2 is 0.465 bits per heavy atom. The van der Waals surface area contributed by atoms with Gasteiger partial charge in [0.1, 0.15) is 0 Å². The van der Waals surface area contributed by atoms with Crippen LogP contribution in [0.5, 0.6) is 0 Å². The summed E-state index contributed by atoms with van der Waals surface area (Å²) in [7, 11) is -1.13. The molecule has 0 nitrogen and oxygen atoms in total. The minimum absolute atomic E-state index is 0.145. The Balaban J connectivity index is 1.84. The van der Waals surface area contributed by atoms with E-state index in [0.717, 1.165) is 5.90 Å². The third-order valence-electron chi connectivity index (χ3n) is 8.46. The normalized spacial score (nSPS) is 13.2. The molecule has 0 aliphatic carbocycles. The van der Waals surface area contributed by atoms with Gasteiger partial charge in [-0.05, 0) is 81.0 Å². The van der Waals surface area contributed by atoms with Crippen molar-refractivity contribution < 1.29 is 0 Å². The largest absolute Gasteiger partial charge is 0.0579 e. The molecule has 228 valence electrons. The second kappa shape index (κ2) is 12.6. The highest BCUT2D eigenvalue weighted by Crippen LogP contribution is 2.49. The first-order valence-electron chi connectivity index (χ1n) is 15.8. The SMILES string of the molecule is CC(C)(C)c1ccc(P(CP(c2ccc(C(C)(C)C)cc2)c2ccc(C(C)(C)C)cc2)c2ccc(C(C)(C)C)cc2)cc1. The van der Waals surface area contributed by atoms with Crippen LogP contribution in [0, 0.1) is 0 Å². The molecule has 0 atom stereocenters. The van der Waals surface area contributed by atoms with E-state index in [1.165, 1.54) is 43.5 Å². The van der Waals surface area contributed by atoms with Crippen LogP contribution in [0.4, 0.5) is 0 Å². The zero-order valence-corrected chi connectivity index (χ0v) is 30.6. The number of benzene rings is 4. The van der Waals surface area contributed by atoms with E-state index in [-0.39, 0.29) is 21.7 Å². The first-order chi connectivity index (χ1) is 19.8. The molecule has 0 amide bonds. The molecule has 0 fully saturated rings. The van der Waals surface area contributed by atoms with E-state index in [9.17, 15) is 0 Å². The Morgan fingerprint density at radius 1 is 0.302 bits per heavy atom. The van der Waals surface area contributed by atoms with Gasteiger partial charge in [-0.3, -0.25) is 0 Å². The van der Waals surface area contributed by atoms with Gasteiger partial charge in [0.25, 0.3) is 0 Å². The summed E-state index contributed by atoms with van der Waals surface area (Å²) >= 11 is 0. The van der Waals surface area contributed by atoms with Crippen LogP contribution in [-0.4, -0.2) is 5.90 Å². The van der Waals surface area contributed by atoms with Gasteiger partial charge < -0.3 is 0 Å². The van der Waals surface area contributed by atoms with Crippen molar-refractivity contribution in [2.45, 2.75) is 105 Å². The fourth-order valence-corrected chi connectivity index (χ4v) is 11.7. The highest BCUT2D eigenvalue weighted by atomic mass is 31.2. The van der Waals surface area contributed by atoms with E-state index < -0.39 is 15.8 Å². The summed E-state index contributed by atoms with van der Waals surface area (Å²) in [6.07, 6.45) is 0. The summed E-state index contributed by atoms with van der Waals surface area (Å²) < 4.78 is 0. The third kappa shape index (κ3) is 8.47. The summed E-state index contributed by atoms with van der Waals surface area (Å²) in [5, 5.41) is 5.88. The van der Waals surface area contributed by atoms with E-state index in [4.69, 9.17) is 0 Å². The summed E-state index contributed by atoms with van der Waals surface area (Å²) in [5.74, 6) is 1.14. The van der Waals surface area contributed by atoms with Crippen molar-refractivity contribution >= 4 is 37.1 Å². The van der Waals surface area contributed by atoms with Crippen molar-refractivity contribution in [3.05, 3.63) is 119 Å². The van der Waals surface area contributed by atoms with Crippen LogP contribution in [-0.2, 0) is 21.7 Å². The average Bonchev–Trinajstić information content (AvgIpc) is 2.92.